The van der Waals surface area contributed by atoms with Crippen molar-refractivity contribution >= 4 is 40.6 Å². The van der Waals surface area contributed by atoms with E-state index in [1.165, 1.54) is 29.1 Å². The van der Waals surface area contributed by atoms with Crippen LogP contribution in [0.2, 0.25) is 10.0 Å². The van der Waals surface area contributed by atoms with Gasteiger partial charge in [-0.1, -0.05) is 41.4 Å². The molecule has 0 radical (unpaired) electrons. The minimum Gasteiger partial charge on any atom is -0.464 e. The van der Waals surface area contributed by atoms with Gasteiger partial charge in [-0.2, -0.15) is 10.2 Å². The Bertz CT molecular complexity index is 1320. The van der Waals surface area contributed by atoms with Gasteiger partial charge in [-0.05, 0) is 29.8 Å². The molecular formula is C21H16Cl2N6O4. The number of anilines is 1. The van der Waals surface area contributed by atoms with E-state index in [0.717, 1.165) is 5.56 Å². The monoisotopic (exact) mass is 486 g/mol. The topological polar surface area (TPSA) is 117 Å². The summed E-state index contributed by atoms with van der Waals surface area (Å²) in [6, 6.07) is 14.4. The maximum atomic E-state index is 12.5. The molecule has 0 fully saturated rings. The second-order valence-electron chi connectivity index (χ2n) is 6.83. The number of rotatable bonds is 8. The Morgan fingerprint density at radius 2 is 1.85 bits per heavy atom. The molecule has 0 bridgehead atoms. The van der Waals surface area contributed by atoms with Crippen LogP contribution in [0.1, 0.15) is 16.1 Å². The first-order valence-electron chi connectivity index (χ1n) is 9.57. The van der Waals surface area contributed by atoms with Crippen LogP contribution >= 0.6 is 23.2 Å². The Kier molecular flexibility index (Phi) is 6.57. The fraction of sp³-hybridized carbons (Fsp3) is 0.0952. The van der Waals surface area contributed by atoms with Crippen LogP contribution in [-0.4, -0.2) is 30.4 Å². The second kappa shape index (κ2) is 9.72. The third kappa shape index (κ3) is 5.48. The molecule has 0 saturated heterocycles. The third-order valence-corrected chi connectivity index (χ3v) is 5.10. The number of nitro benzene ring substituents is 1. The van der Waals surface area contributed by atoms with Crippen molar-refractivity contribution in [3.05, 3.63) is 98.4 Å². The molecule has 12 heteroatoms. The Labute approximate surface area is 197 Å². The lowest BCUT2D eigenvalue weighted by Crippen LogP contribution is -2.15. The highest BCUT2D eigenvalue weighted by atomic mass is 35.5. The van der Waals surface area contributed by atoms with Crippen LogP contribution in [0.15, 0.2) is 67.0 Å². The normalized spacial score (nSPS) is 10.7. The number of para-hydroxylation sites is 2. The lowest BCUT2D eigenvalue weighted by Gasteiger charge is -2.06. The number of halogens is 2. The second-order valence-corrected chi connectivity index (χ2v) is 7.67. The summed E-state index contributed by atoms with van der Waals surface area (Å²) < 4.78 is 8.45. The predicted molar refractivity (Wildman–Crippen MR) is 122 cm³/mol. The van der Waals surface area contributed by atoms with Crippen molar-refractivity contribution in [1.29, 1.82) is 0 Å². The lowest BCUT2D eigenvalue weighted by atomic mass is 10.2. The molecule has 168 valence electrons. The average Bonchev–Trinajstić information content (AvgIpc) is 3.44. The molecule has 0 spiro atoms. The highest BCUT2D eigenvalue weighted by molar-refractivity contribution is 6.35. The highest BCUT2D eigenvalue weighted by Gasteiger charge is 2.15. The van der Waals surface area contributed by atoms with Crippen LogP contribution in [0.4, 0.5) is 11.5 Å². The molecule has 1 N–H and O–H groups in total. The van der Waals surface area contributed by atoms with Crippen molar-refractivity contribution in [3.8, 4) is 5.75 Å². The fourth-order valence-corrected chi connectivity index (χ4v) is 3.41. The number of nitrogens with one attached hydrogen (secondary N) is 1. The number of carbonyl (C=O) groups is 1. The molecule has 2 aromatic heterocycles. The van der Waals surface area contributed by atoms with E-state index in [-0.39, 0.29) is 23.9 Å². The van der Waals surface area contributed by atoms with Gasteiger partial charge in [0.1, 0.15) is 0 Å². The maximum Gasteiger partial charge on any atom is 0.311 e. The van der Waals surface area contributed by atoms with E-state index in [4.69, 9.17) is 27.9 Å². The smallest absolute Gasteiger partial charge is 0.311 e. The number of carbonyl (C=O) groups excluding carboxylic acids is 1. The molecule has 0 aliphatic heterocycles. The zero-order valence-corrected chi connectivity index (χ0v) is 18.4. The summed E-state index contributed by atoms with van der Waals surface area (Å²) in [7, 11) is 0. The van der Waals surface area contributed by atoms with E-state index >= 15 is 0 Å². The van der Waals surface area contributed by atoms with Crippen molar-refractivity contribution in [2.45, 2.75) is 13.3 Å². The first-order valence-corrected chi connectivity index (χ1v) is 10.3. The largest absolute Gasteiger partial charge is 0.464 e. The van der Waals surface area contributed by atoms with Crippen LogP contribution in [0.3, 0.4) is 0 Å². The van der Waals surface area contributed by atoms with Crippen molar-refractivity contribution < 1.29 is 14.5 Å². The van der Waals surface area contributed by atoms with E-state index in [0.29, 0.717) is 22.4 Å². The van der Waals surface area contributed by atoms with E-state index < -0.39 is 10.8 Å². The first kappa shape index (κ1) is 22.3. The summed E-state index contributed by atoms with van der Waals surface area (Å²) in [6.07, 6.45) is 3.24. The lowest BCUT2D eigenvalue weighted by molar-refractivity contribution is -0.386. The van der Waals surface area contributed by atoms with Crippen molar-refractivity contribution in [2.75, 3.05) is 5.32 Å². The van der Waals surface area contributed by atoms with Crippen molar-refractivity contribution in [1.82, 2.24) is 19.6 Å². The number of aromatic nitrogens is 4. The average molecular weight is 487 g/mol. The van der Waals surface area contributed by atoms with E-state index in [1.54, 1.807) is 41.2 Å². The summed E-state index contributed by atoms with van der Waals surface area (Å²) >= 11 is 12.1. The number of hydrogen-bond donors (Lipinski definition) is 1. The number of ether oxygens (including phenoxy) is 1. The third-order valence-electron chi connectivity index (χ3n) is 4.52. The van der Waals surface area contributed by atoms with E-state index in [1.807, 2.05) is 6.07 Å². The number of nitrogens with zero attached hydrogens (tertiary/aromatic N) is 5. The van der Waals surface area contributed by atoms with E-state index in [2.05, 4.69) is 15.5 Å². The molecule has 0 aliphatic rings. The number of amides is 1. The Balaban J connectivity index is 1.36. The van der Waals surface area contributed by atoms with Crippen LogP contribution < -0.4 is 10.1 Å². The van der Waals surface area contributed by atoms with Crippen LogP contribution in [0.5, 0.6) is 5.75 Å². The quantitative estimate of drug-likeness (QED) is 0.286. The van der Waals surface area contributed by atoms with Crippen molar-refractivity contribution in [2.24, 2.45) is 0 Å². The SMILES string of the molecule is O=C(Nc1ccn(Cc2ccc(Cl)cc2Cl)n1)c1ccn(COc2ccccc2[N+](=O)[O-])n1. The zero-order valence-electron chi connectivity index (χ0n) is 16.9. The van der Waals surface area contributed by atoms with Crippen LogP contribution in [0, 0.1) is 10.1 Å². The Morgan fingerprint density at radius 1 is 1.06 bits per heavy atom. The van der Waals surface area contributed by atoms with Gasteiger partial charge in [0.25, 0.3) is 5.91 Å². The summed E-state index contributed by atoms with van der Waals surface area (Å²) in [5, 5.41) is 23.3. The predicted octanol–water partition coefficient (Wildman–Crippen LogP) is 4.63. The molecule has 0 saturated carbocycles. The number of nitro groups is 1. The van der Waals surface area contributed by atoms with Gasteiger partial charge in [-0.3, -0.25) is 19.6 Å². The molecule has 4 aromatic rings. The van der Waals surface area contributed by atoms with Crippen LogP contribution in [-0.2, 0) is 13.3 Å². The minimum atomic E-state index is -0.530. The van der Waals surface area contributed by atoms with Gasteiger partial charge >= 0.3 is 5.69 Å². The molecule has 0 atom stereocenters. The molecule has 0 aliphatic carbocycles. The number of hydrogen-bond acceptors (Lipinski definition) is 6. The number of benzene rings is 2. The first-order chi connectivity index (χ1) is 15.9. The molecule has 2 aromatic carbocycles. The Morgan fingerprint density at radius 3 is 2.64 bits per heavy atom. The highest BCUT2D eigenvalue weighted by Crippen LogP contribution is 2.26. The molecular weight excluding hydrogens is 471 g/mol. The zero-order chi connectivity index (χ0) is 23.4. The molecule has 2 heterocycles. The van der Waals surface area contributed by atoms with Gasteiger partial charge in [0.2, 0.25) is 0 Å². The van der Waals surface area contributed by atoms with Gasteiger partial charge in [0.15, 0.2) is 24.0 Å². The van der Waals surface area contributed by atoms with Crippen LogP contribution in [0.25, 0.3) is 0 Å². The van der Waals surface area contributed by atoms with Crippen molar-refractivity contribution in [3.63, 3.8) is 0 Å². The summed E-state index contributed by atoms with van der Waals surface area (Å²) in [5.74, 6) is -0.0136. The van der Waals surface area contributed by atoms with E-state index in [9.17, 15) is 14.9 Å². The molecule has 1 amide bonds. The summed E-state index contributed by atoms with van der Waals surface area (Å²) in [5.41, 5.74) is 0.814. The van der Waals surface area contributed by atoms with Gasteiger partial charge in [0, 0.05) is 34.6 Å². The molecule has 33 heavy (non-hydrogen) atoms. The van der Waals surface area contributed by atoms with Gasteiger partial charge in [0.05, 0.1) is 11.5 Å². The standard InChI is InChI=1S/C21H16Cl2N6O4/c22-15-6-5-14(16(23)11-15)12-27-10-8-20(26-27)24-21(30)17-7-9-28(25-17)13-33-19-4-2-1-3-18(19)29(31)32/h1-11H,12-13H2,(H,24,26,30). The fourth-order valence-electron chi connectivity index (χ4n) is 2.94. The Hall–Kier alpha value is -3.89. The summed E-state index contributed by atoms with van der Waals surface area (Å²) in [4.78, 5) is 23.0. The van der Waals surface area contributed by atoms with Gasteiger partial charge < -0.3 is 10.1 Å². The molecule has 0 unspecified atom stereocenters. The van der Waals surface area contributed by atoms with Gasteiger partial charge in [-0.15, -0.1) is 0 Å². The summed E-state index contributed by atoms with van der Waals surface area (Å²) in [6.45, 7) is 0.304. The molecule has 10 nitrogen and oxygen atoms in total. The van der Waals surface area contributed by atoms with Gasteiger partial charge in [-0.25, -0.2) is 4.68 Å². The molecule has 4 rings (SSSR count). The minimum absolute atomic E-state index is 0.103. The maximum absolute atomic E-state index is 12.5.